The standard InChI is InChI=1S/C22H18F4N2O3S/c1-2-3-16(20(30)31)15-9-8-14(11-17(15)23)27-21-28-19(29)18(32-21)10-12-4-6-13(7-5-12)22(24,25)26/h4-11,16H,2-3H2,1H3,(H,30,31)(H,27,28,29)/b18-10-. The van der Waals surface area contributed by atoms with Crippen molar-refractivity contribution in [2.24, 2.45) is 4.99 Å². The molecule has 1 unspecified atom stereocenters. The average molecular weight is 466 g/mol. The number of rotatable bonds is 6. The molecule has 3 rings (SSSR count). The van der Waals surface area contributed by atoms with E-state index in [1.165, 1.54) is 30.3 Å². The molecule has 1 fully saturated rings. The van der Waals surface area contributed by atoms with Gasteiger partial charge in [-0.25, -0.2) is 9.38 Å². The number of carbonyl (C=O) groups is 2. The molecule has 1 amide bonds. The minimum absolute atomic E-state index is 0.0642. The molecule has 1 aliphatic heterocycles. The lowest BCUT2D eigenvalue weighted by Gasteiger charge is -2.12. The second-order valence-electron chi connectivity index (χ2n) is 6.99. The number of alkyl halides is 3. The highest BCUT2D eigenvalue weighted by Gasteiger charge is 2.30. The van der Waals surface area contributed by atoms with Gasteiger partial charge >= 0.3 is 12.1 Å². The summed E-state index contributed by atoms with van der Waals surface area (Å²) in [5.41, 5.74) is -0.136. The first-order valence-electron chi connectivity index (χ1n) is 9.57. The quantitative estimate of drug-likeness (QED) is 0.423. The lowest BCUT2D eigenvalue weighted by Crippen LogP contribution is -2.19. The van der Waals surface area contributed by atoms with Gasteiger partial charge in [0.25, 0.3) is 5.91 Å². The van der Waals surface area contributed by atoms with Gasteiger partial charge in [0.05, 0.1) is 22.1 Å². The first-order chi connectivity index (χ1) is 15.1. The molecular formula is C22H18F4N2O3S. The number of benzene rings is 2. The van der Waals surface area contributed by atoms with Gasteiger partial charge in [-0.1, -0.05) is 31.5 Å². The molecule has 0 radical (unpaired) electrons. The van der Waals surface area contributed by atoms with Crippen LogP contribution in [0.15, 0.2) is 52.4 Å². The molecular weight excluding hydrogens is 448 g/mol. The summed E-state index contributed by atoms with van der Waals surface area (Å²) in [4.78, 5) is 27.9. The zero-order valence-electron chi connectivity index (χ0n) is 16.7. The zero-order valence-corrected chi connectivity index (χ0v) is 17.6. The van der Waals surface area contributed by atoms with Crippen molar-refractivity contribution in [1.82, 2.24) is 5.32 Å². The molecule has 1 atom stereocenters. The van der Waals surface area contributed by atoms with Crippen molar-refractivity contribution in [3.63, 3.8) is 0 Å². The highest BCUT2D eigenvalue weighted by atomic mass is 32.2. The first-order valence-corrected chi connectivity index (χ1v) is 10.4. The molecule has 1 saturated heterocycles. The van der Waals surface area contributed by atoms with Gasteiger partial charge in [-0.15, -0.1) is 0 Å². The number of amides is 1. The summed E-state index contributed by atoms with van der Waals surface area (Å²) in [5.74, 6) is -3.26. The van der Waals surface area contributed by atoms with Crippen LogP contribution >= 0.6 is 11.8 Å². The van der Waals surface area contributed by atoms with E-state index in [0.717, 1.165) is 30.0 Å². The Labute approximate surface area is 185 Å². The van der Waals surface area contributed by atoms with Gasteiger partial charge in [0.1, 0.15) is 5.82 Å². The lowest BCUT2D eigenvalue weighted by molar-refractivity contribution is -0.139. The van der Waals surface area contributed by atoms with Crippen LogP contribution in [0.3, 0.4) is 0 Å². The SMILES string of the molecule is CCCC(C(=O)O)c1ccc(N=C2NC(=O)/C(=C/c3ccc(C(F)(F)F)cc3)S2)cc1F. The number of nitrogens with one attached hydrogen (secondary N) is 1. The molecule has 1 heterocycles. The number of carbonyl (C=O) groups excluding carboxylic acids is 1. The number of hydrogen-bond donors (Lipinski definition) is 2. The topological polar surface area (TPSA) is 78.8 Å². The third-order valence-corrected chi connectivity index (χ3v) is 5.56. The number of thioether (sulfide) groups is 1. The molecule has 0 aliphatic carbocycles. The van der Waals surface area contributed by atoms with E-state index in [2.05, 4.69) is 10.3 Å². The van der Waals surface area contributed by atoms with E-state index in [9.17, 15) is 32.3 Å². The van der Waals surface area contributed by atoms with Gasteiger partial charge < -0.3 is 10.4 Å². The Morgan fingerprint density at radius 3 is 2.47 bits per heavy atom. The largest absolute Gasteiger partial charge is 0.481 e. The van der Waals surface area contributed by atoms with Crippen LogP contribution in [0, 0.1) is 5.82 Å². The Bertz CT molecular complexity index is 1100. The number of aliphatic carboxylic acids is 1. The Morgan fingerprint density at radius 2 is 1.91 bits per heavy atom. The van der Waals surface area contributed by atoms with Gasteiger partial charge in [0.2, 0.25) is 0 Å². The van der Waals surface area contributed by atoms with Crippen LogP contribution in [0.1, 0.15) is 42.4 Å². The average Bonchev–Trinajstić information content (AvgIpc) is 3.05. The van der Waals surface area contributed by atoms with E-state index in [1.807, 2.05) is 6.92 Å². The molecule has 10 heteroatoms. The lowest BCUT2D eigenvalue weighted by atomic mass is 9.94. The summed E-state index contributed by atoms with van der Waals surface area (Å²) in [7, 11) is 0. The van der Waals surface area contributed by atoms with Crippen molar-refractivity contribution >= 4 is 40.6 Å². The zero-order chi connectivity index (χ0) is 23.5. The first kappa shape index (κ1) is 23.5. The summed E-state index contributed by atoms with van der Waals surface area (Å²) in [6, 6.07) is 8.27. The van der Waals surface area contributed by atoms with Crippen LogP contribution in [0.2, 0.25) is 0 Å². The fourth-order valence-electron chi connectivity index (χ4n) is 3.09. The van der Waals surface area contributed by atoms with Gasteiger partial charge in [-0.2, -0.15) is 13.2 Å². The van der Waals surface area contributed by atoms with Gasteiger partial charge in [0, 0.05) is 5.56 Å². The molecule has 1 aliphatic rings. The Morgan fingerprint density at radius 1 is 1.22 bits per heavy atom. The molecule has 0 aromatic heterocycles. The molecule has 168 valence electrons. The molecule has 2 aromatic rings. The van der Waals surface area contributed by atoms with Crippen LogP contribution in [-0.4, -0.2) is 22.2 Å². The maximum Gasteiger partial charge on any atom is 0.416 e. The second kappa shape index (κ2) is 9.56. The van der Waals surface area contributed by atoms with Crippen LogP contribution in [-0.2, 0) is 15.8 Å². The van der Waals surface area contributed by atoms with Crippen LogP contribution in [0.25, 0.3) is 6.08 Å². The number of aliphatic imine (C=N–C) groups is 1. The van der Waals surface area contributed by atoms with E-state index in [4.69, 9.17) is 0 Å². The summed E-state index contributed by atoms with van der Waals surface area (Å²) < 4.78 is 52.5. The fourth-order valence-corrected chi connectivity index (χ4v) is 3.93. The number of nitrogens with zero attached hydrogens (tertiary/aromatic N) is 1. The Balaban J connectivity index is 1.78. The van der Waals surface area contributed by atoms with E-state index >= 15 is 0 Å². The Hall–Kier alpha value is -3.14. The normalized spacial score (nSPS) is 17.6. The summed E-state index contributed by atoms with van der Waals surface area (Å²) in [6.07, 6.45) is -2.15. The highest BCUT2D eigenvalue weighted by Crippen LogP contribution is 2.32. The number of carboxylic acids is 1. The van der Waals surface area contributed by atoms with Crippen molar-refractivity contribution in [2.45, 2.75) is 31.9 Å². The predicted octanol–water partition coefficient (Wildman–Crippen LogP) is 5.70. The third kappa shape index (κ3) is 5.56. The van der Waals surface area contributed by atoms with Gasteiger partial charge in [-0.05, 0) is 54.1 Å². The van der Waals surface area contributed by atoms with Crippen LogP contribution < -0.4 is 5.32 Å². The molecule has 2 N–H and O–H groups in total. The summed E-state index contributed by atoms with van der Waals surface area (Å²) >= 11 is 0.959. The van der Waals surface area contributed by atoms with Crippen molar-refractivity contribution in [1.29, 1.82) is 0 Å². The van der Waals surface area contributed by atoms with Crippen LogP contribution in [0.5, 0.6) is 0 Å². The van der Waals surface area contributed by atoms with Crippen molar-refractivity contribution in [2.75, 3.05) is 0 Å². The maximum absolute atomic E-state index is 14.5. The third-order valence-electron chi connectivity index (χ3n) is 4.65. The fraction of sp³-hybridized carbons (Fsp3) is 0.227. The monoisotopic (exact) mass is 466 g/mol. The molecule has 0 bridgehead atoms. The molecule has 2 aromatic carbocycles. The van der Waals surface area contributed by atoms with Crippen molar-refractivity contribution in [3.8, 4) is 0 Å². The van der Waals surface area contributed by atoms with Crippen molar-refractivity contribution in [3.05, 3.63) is 69.9 Å². The highest BCUT2D eigenvalue weighted by molar-refractivity contribution is 8.18. The van der Waals surface area contributed by atoms with E-state index in [0.29, 0.717) is 18.4 Å². The van der Waals surface area contributed by atoms with E-state index < -0.39 is 35.4 Å². The van der Waals surface area contributed by atoms with E-state index in [-0.39, 0.29) is 21.3 Å². The predicted molar refractivity (Wildman–Crippen MR) is 114 cm³/mol. The van der Waals surface area contributed by atoms with E-state index in [1.54, 1.807) is 0 Å². The van der Waals surface area contributed by atoms with Gasteiger partial charge in [-0.3, -0.25) is 9.59 Å². The molecule has 0 spiro atoms. The second-order valence-corrected chi connectivity index (χ2v) is 8.02. The molecule has 5 nitrogen and oxygen atoms in total. The number of hydrogen-bond acceptors (Lipinski definition) is 4. The minimum atomic E-state index is -4.45. The number of amidine groups is 1. The maximum atomic E-state index is 14.5. The number of carboxylic acid groups (broad SMARTS) is 1. The minimum Gasteiger partial charge on any atom is -0.481 e. The molecule has 32 heavy (non-hydrogen) atoms. The Kier molecular flexibility index (Phi) is 7.02. The smallest absolute Gasteiger partial charge is 0.416 e. The van der Waals surface area contributed by atoms with Gasteiger partial charge in [0.15, 0.2) is 5.17 Å². The summed E-state index contributed by atoms with van der Waals surface area (Å²) in [6.45, 7) is 1.81. The molecule has 0 saturated carbocycles. The number of halogens is 4. The summed E-state index contributed by atoms with van der Waals surface area (Å²) in [5, 5.41) is 12.0. The van der Waals surface area contributed by atoms with Crippen LogP contribution in [0.4, 0.5) is 23.2 Å². The van der Waals surface area contributed by atoms with Crippen molar-refractivity contribution < 1.29 is 32.3 Å².